The second-order valence-electron chi connectivity index (χ2n) is 6.31. The molecule has 1 atom stereocenters. The molecule has 1 N–H and O–H groups in total. The van der Waals surface area contributed by atoms with E-state index in [1.165, 1.54) is 0 Å². The Morgan fingerprint density at radius 3 is 2.32 bits per heavy atom. The van der Waals surface area contributed by atoms with Gasteiger partial charge in [-0.15, -0.1) is 0 Å². The molecule has 5 nitrogen and oxygen atoms in total. The first kappa shape index (κ1) is 19.7. The maximum absolute atomic E-state index is 12.8. The third-order valence-corrected chi connectivity index (χ3v) is 5.90. The molecule has 1 unspecified atom stereocenters. The molecule has 0 radical (unpaired) electrons. The predicted molar refractivity (Wildman–Crippen MR) is 86.3 cm³/mol. The summed E-state index contributed by atoms with van der Waals surface area (Å²) in [6.07, 6.45) is -2.83. The number of benzene rings is 1. The molecule has 1 amide bonds. The molecule has 9 heteroatoms. The van der Waals surface area contributed by atoms with Crippen LogP contribution in [0.3, 0.4) is 0 Å². The summed E-state index contributed by atoms with van der Waals surface area (Å²) < 4.78 is 64.7. The smallest absolute Gasteiger partial charge is 0.353 e. The van der Waals surface area contributed by atoms with Crippen molar-refractivity contribution in [3.63, 3.8) is 0 Å². The van der Waals surface area contributed by atoms with Crippen molar-refractivity contribution >= 4 is 15.9 Å². The van der Waals surface area contributed by atoms with Gasteiger partial charge in [-0.1, -0.05) is 6.42 Å². The molecule has 0 bridgehead atoms. The van der Waals surface area contributed by atoms with E-state index in [4.69, 9.17) is 0 Å². The molecule has 1 saturated heterocycles. The number of rotatable bonds is 4. The van der Waals surface area contributed by atoms with Crippen molar-refractivity contribution in [3.05, 3.63) is 29.8 Å². The number of hydrogen-bond acceptors (Lipinski definition) is 3. The predicted octanol–water partition coefficient (Wildman–Crippen LogP) is 2.77. The number of piperidine rings is 1. The minimum Gasteiger partial charge on any atom is -0.353 e. The zero-order chi connectivity index (χ0) is 18.8. The van der Waals surface area contributed by atoms with Crippen molar-refractivity contribution in [1.82, 2.24) is 9.62 Å². The topological polar surface area (TPSA) is 66.5 Å². The number of nitrogens with one attached hydrogen (secondary N) is 1. The lowest BCUT2D eigenvalue weighted by molar-refractivity contribution is -0.137. The number of hydrogen-bond donors (Lipinski definition) is 1. The van der Waals surface area contributed by atoms with Crippen LogP contribution in [0.4, 0.5) is 13.2 Å². The summed E-state index contributed by atoms with van der Waals surface area (Å²) in [5.74, 6) is -0.384. The monoisotopic (exact) mass is 378 g/mol. The van der Waals surface area contributed by atoms with Gasteiger partial charge in [-0.05, 0) is 51.0 Å². The van der Waals surface area contributed by atoms with Gasteiger partial charge < -0.3 is 5.32 Å². The number of carbonyl (C=O) groups excluding carboxylic acids is 1. The van der Waals surface area contributed by atoms with Crippen molar-refractivity contribution in [1.29, 1.82) is 0 Å². The molecule has 0 aliphatic carbocycles. The first-order chi connectivity index (χ1) is 11.5. The van der Waals surface area contributed by atoms with Crippen molar-refractivity contribution in [3.8, 4) is 0 Å². The zero-order valence-corrected chi connectivity index (χ0v) is 14.8. The zero-order valence-electron chi connectivity index (χ0n) is 14.0. The van der Waals surface area contributed by atoms with Gasteiger partial charge in [0.1, 0.15) is 6.04 Å². The molecule has 1 fully saturated rings. The third-order valence-electron chi connectivity index (χ3n) is 3.98. The Bertz CT molecular complexity index is 715. The van der Waals surface area contributed by atoms with E-state index >= 15 is 0 Å². The fourth-order valence-electron chi connectivity index (χ4n) is 2.79. The number of halogens is 3. The average molecular weight is 378 g/mol. The first-order valence-corrected chi connectivity index (χ1v) is 9.47. The summed E-state index contributed by atoms with van der Waals surface area (Å²) in [7, 11) is -4.05. The van der Waals surface area contributed by atoms with Crippen LogP contribution in [0, 0.1) is 0 Å². The summed E-state index contributed by atoms with van der Waals surface area (Å²) in [5.41, 5.74) is -0.917. The highest BCUT2D eigenvalue weighted by atomic mass is 32.2. The van der Waals surface area contributed by atoms with Crippen LogP contribution in [0.15, 0.2) is 29.2 Å². The van der Waals surface area contributed by atoms with Crippen molar-refractivity contribution in [2.45, 2.75) is 56.3 Å². The summed E-state index contributed by atoms with van der Waals surface area (Å²) in [4.78, 5) is 12.1. The number of sulfonamides is 1. The number of amides is 1. The van der Waals surface area contributed by atoms with Gasteiger partial charge in [0.05, 0.1) is 10.5 Å². The maximum Gasteiger partial charge on any atom is 0.416 e. The average Bonchev–Trinajstić information content (AvgIpc) is 2.53. The second-order valence-corrected chi connectivity index (χ2v) is 8.20. The van der Waals surface area contributed by atoms with Crippen LogP contribution in [0.1, 0.15) is 38.7 Å². The van der Waals surface area contributed by atoms with Gasteiger partial charge in [-0.2, -0.15) is 17.5 Å². The van der Waals surface area contributed by atoms with E-state index in [2.05, 4.69) is 5.32 Å². The fraction of sp³-hybridized carbons (Fsp3) is 0.562. The van der Waals surface area contributed by atoms with E-state index in [9.17, 15) is 26.4 Å². The highest BCUT2D eigenvalue weighted by Gasteiger charge is 2.38. The highest BCUT2D eigenvalue weighted by Crippen LogP contribution is 2.31. The van der Waals surface area contributed by atoms with Gasteiger partial charge in [0, 0.05) is 12.6 Å². The summed E-state index contributed by atoms with van der Waals surface area (Å²) in [6.45, 7) is 3.71. The quantitative estimate of drug-likeness (QED) is 0.876. The Morgan fingerprint density at radius 2 is 1.80 bits per heavy atom. The summed E-state index contributed by atoms with van der Waals surface area (Å²) >= 11 is 0. The number of alkyl halides is 3. The lowest BCUT2D eigenvalue weighted by atomic mass is 10.0. The molecule has 0 saturated carbocycles. The van der Waals surface area contributed by atoms with Crippen LogP contribution >= 0.6 is 0 Å². The van der Waals surface area contributed by atoms with Gasteiger partial charge in [-0.25, -0.2) is 8.42 Å². The van der Waals surface area contributed by atoms with E-state index in [1.54, 1.807) is 13.8 Å². The van der Waals surface area contributed by atoms with Crippen LogP contribution in [0.5, 0.6) is 0 Å². The Morgan fingerprint density at radius 1 is 1.20 bits per heavy atom. The molecule has 2 rings (SSSR count). The molecule has 1 heterocycles. The van der Waals surface area contributed by atoms with E-state index in [-0.39, 0.29) is 23.4 Å². The van der Waals surface area contributed by atoms with Gasteiger partial charge in [0.15, 0.2) is 0 Å². The Labute approximate surface area is 145 Å². The van der Waals surface area contributed by atoms with Crippen LogP contribution in [0.2, 0.25) is 0 Å². The van der Waals surface area contributed by atoms with Gasteiger partial charge >= 0.3 is 6.18 Å². The van der Waals surface area contributed by atoms with E-state index in [0.717, 1.165) is 35.0 Å². The molecule has 140 valence electrons. The lowest BCUT2D eigenvalue weighted by Crippen LogP contribution is -2.52. The van der Waals surface area contributed by atoms with Crippen molar-refractivity contribution in [2.24, 2.45) is 0 Å². The van der Waals surface area contributed by atoms with E-state index in [1.807, 2.05) is 0 Å². The third kappa shape index (κ3) is 4.52. The van der Waals surface area contributed by atoms with Crippen LogP contribution in [-0.2, 0) is 21.0 Å². The Kier molecular flexibility index (Phi) is 5.78. The largest absolute Gasteiger partial charge is 0.416 e. The van der Waals surface area contributed by atoms with Gasteiger partial charge in [0.2, 0.25) is 15.9 Å². The van der Waals surface area contributed by atoms with E-state index < -0.39 is 27.8 Å². The lowest BCUT2D eigenvalue weighted by Gasteiger charge is -2.34. The molecule has 1 aromatic carbocycles. The van der Waals surface area contributed by atoms with Crippen LogP contribution in [-0.4, -0.2) is 37.3 Å². The van der Waals surface area contributed by atoms with Gasteiger partial charge in [-0.3, -0.25) is 4.79 Å². The standard InChI is InChI=1S/C16H21F3N2O3S/c1-11(2)20-15(22)14-5-3-4-10-21(14)25(23,24)13-8-6-12(7-9-13)16(17,18)19/h6-9,11,14H,3-5,10H2,1-2H3,(H,20,22). The Hall–Kier alpha value is -1.61. The van der Waals surface area contributed by atoms with E-state index in [0.29, 0.717) is 12.8 Å². The molecule has 1 aromatic rings. The minimum atomic E-state index is -4.53. The number of nitrogens with zero attached hydrogens (tertiary/aromatic N) is 1. The van der Waals surface area contributed by atoms with Gasteiger partial charge in [0.25, 0.3) is 0 Å². The normalized spacial score (nSPS) is 19.8. The molecule has 0 aromatic heterocycles. The number of carbonyl (C=O) groups is 1. The minimum absolute atomic E-state index is 0.134. The molecule has 25 heavy (non-hydrogen) atoms. The Balaban J connectivity index is 2.31. The molecule has 1 aliphatic rings. The summed E-state index contributed by atoms with van der Waals surface area (Å²) in [5, 5.41) is 2.70. The van der Waals surface area contributed by atoms with Crippen LogP contribution in [0.25, 0.3) is 0 Å². The van der Waals surface area contributed by atoms with Crippen molar-refractivity contribution in [2.75, 3.05) is 6.54 Å². The first-order valence-electron chi connectivity index (χ1n) is 8.03. The molecular weight excluding hydrogens is 357 g/mol. The van der Waals surface area contributed by atoms with Crippen LogP contribution < -0.4 is 5.32 Å². The molecule has 0 spiro atoms. The highest BCUT2D eigenvalue weighted by molar-refractivity contribution is 7.89. The second kappa shape index (κ2) is 7.33. The fourth-order valence-corrected chi connectivity index (χ4v) is 4.44. The maximum atomic E-state index is 12.8. The summed E-state index contributed by atoms with van der Waals surface area (Å²) in [6, 6.07) is 2.36. The SMILES string of the molecule is CC(C)NC(=O)C1CCCCN1S(=O)(=O)c1ccc(C(F)(F)F)cc1. The molecular formula is C16H21F3N2O3S. The molecule has 1 aliphatic heterocycles. The van der Waals surface area contributed by atoms with Crippen molar-refractivity contribution < 1.29 is 26.4 Å².